The van der Waals surface area contributed by atoms with E-state index in [1.165, 1.54) is 29.8 Å². The maximum Gasteiger partial charge on any atom is 0.586 e. The zero-order valence-electron chi connectivity index (χ0n) is 25.4. The van der Waals surface area contributed by atoms with Crippen molar-refractivity contribution in [3.8, 4) is 34.4 Å². The highest BCUT2D eigenvalue weighted by Crippen LogP contribution is 2.46. The molecule has 1 aromatic carbocycles. The summed E-state index contributed by atoms with van der Waals surface area (Å²) in [6.07, 6.45) is -8.15. The first-order valence-electron chi connectivity index (χ1n) is 14.6. The third kappa shape index (κ3) is 6.12. The Morgan fingerprint density at radius 3 is 2.50 bits per heavy atom. The molecule has 17 heteroatoms. The fourth-order valence-corrected chi connectivity index (χ4v) is 5.30. The van der Waals surface area contributed by atoms with Gasteiger partial charge in [0.2, 0.25) is 17.4 Å². The summed E-state index contributed by atoms with van der Waals surface area (Å²) in [7, 11) is 1.35. The number of alkyl halides is 5. The van der Waals surface area contributed by atoms with Gasteiger partial charge in [0.1, 0.15) is 11.4 Å². The van der Waals surface area contributed by atoms with Gasteiger partial charge in [-0.15, -0.1) is 8.78 Å². The maximum absolute atomic E-state index is 14.8. The summed E-state index contributed by atoms with van der Waals surface area (Å²) in [5.74, 6) is -2.48. The summed E-state index contributed by atoms with van der Waals surface area (Å²) in [4.78, 5) is 29.3. The van der Waals surface area contributed by atoms with E-state index in [2.05, 4.69) is 24.9 Å². The summed E-state index contributed by atoms with van der Waals surface area (Å²) in [6, 6.07) is 8.58. The van der Waals surface area contributed by atoms with Crippen molar-refractivity contribution >= 4 is 17.3 Å². The van der Waals surface area contributed by atoms with Crippen LogP contribution >= 0.6 is 0 Å². The molecule has 2 amide bonds. The Bertz CT molecular complexity index is 1930. The van der Waals surface area contributed by atoms with Crippen molar-refractivity contribution in [3.63, 3.8) is 0 Å². The summed E-state index contributed by atoms with van der Waals surface area (Å²) < 4.78 is 93.1. The van der Waals surface area contributed by atoms with Crippen LogP contribution in [-0.4, -0.2) is 64.3 Å². The number of carbonyl (C=O) groups excluding carboxylic acids is 2. The second-order valence-electron chi connectivity index (χ2n) is 11.3. The van der Waals surface area contributed by atoms with Crippen LogP contribution < -0.4 is 30.0 Å². The molecule has 0 saturated heterocycles. The molecule has 1 aliphatic heterocycles. The van der Waals surface area contributed by atoms with Crippen LogP contribution in [0.25, 0.3) is 16.8 Å². The Kier molecular flexibility index (Phi) is 8.05. The van der Waals surface area contributed by atoms with Gasteiger partial charge in [-0.25, -0.2) is 9.50 Å². The van der Waals surface area contributed by atoms with E-state index in [1.54, 1.807) is 13.0 Å². The number of methoxy groups -OCH3 is 1. The average Bonchev–Trinajstić information content (AvgIpc) is 3.69. The molecule has 1 fully saturated rings. The predicted molar refractivity (Wildman–Crippen MR) is 156 cm³/mol. The standard InChI is InChI=1S/C31H28F5N5O7/c1-3-46-27-17(11-24(37)42)10-23(39-26(27)16-6-7-21-22(9-16)48-31(35,36)47-21)29(44,30(32,33)34)14-38-28(43)18-8-19-13-20(15-4-5-15)40-41(19)25(12-18)45-2/h6-10,12-13,15,44H,3-5,11,14H2,1-2H3,(H2,37,42)(H,38,43)/t29-/m0/s1. The van der Waals surface area contributed by atoms with Crippen LogP contribution in [-0.2, 0) is 16.8 Å². The lowest BCUT2D eigenvalue weighted by Crippen LogP contribution is -2.51. The van der Waals surface area contributed by atoms with Crippen LogP contribution in [0.4, 0.5) is 22.0 Å². The largest absolute Gasteiger partial charge is 0.586 e. The first kappa shape index (κ1) is 32.7. The highest BCUT2D eigenvalue weighted by atomic mass is 19.4. The Morgan fingerprint density at radius 1 is 1.12 bits per heavy atom. The SMILES string of the molecule is CCOc1c(CC(N)=O)cc([C@@](O)(CNC(=O)c2cc(OC)n3nc(C4CC4)cc3c2)C(F)(F)F)nc1-c1ccc2c(c1)OC(F)(F)O2. The normalized spacial score (nSPS) is 16.4. The number of benzene rings is 1. The third-order valence-corrected chi connectivity index (χ3v) is 7.79. The van der Waals surface area contributed by atoms with Crippen LogP contribution in [0.5, 0.6) is 23.1 Å². The lowest BCUT2D eigenvalue weighted by molar-refractivity contribution is -0.286. The molecule has 1 atom stereocenters. The van der Waals surface area contributed by atoms with Gasteiger partial charge >= 0.3 is 12.5 Å². The van der Waals surface area contributed by atoms with Gasteiger partial charge in [-0.05, 0) is 56.2 Å². The first-order valence-corrected chi connectivity index (χ1v) is 14.6. The number of nitrogens with zero attached hydrogens (tertiary/aromatic N) is 3. The zero-order chi connectivity index (χ0) is 34.6. The summed E-state index contributed by atoms with van der Waals surface area (Å²) in [6.45, 7) is 0.0883. The Hall–Kier alpha value is -5.19. The molecule has 254 valence electrons. The summed E-state index contributed by atoms with van der Waals surface area (Å²) >= 11 is 0. The lowest BCUT2D eigenvalue weighted by atomic mass is 9.93. The van der Waals surface area contributed by atoms with Gasteiger partial charge in [-0.3, -0.25) is 9.59 Å². The molecule has 48 heavy (non-hydrogen) atoms. The number of hydrogen-bond donors (Lipinski definition) is 3. The summed E-state index contributed by atoms with van der Waals surface area (Å²) in [5, 5.41) is 17.9. The van der Waals surface area contributed by atoms with Gasteiger partial charge in [-0.2, -0.15) is 18.3 Å². The monoisotopic (exact) mass is 677 g/mol. The van der Waals surface area contributed by atoms with Gasteiger partial charge in [0.25, 0.3) is 5.91 Å². The number of aromatic nitrogens is 3. The van der Waals surface area contributed by atoms with Crippen molar-refractivity contribution in [1.82, 2.24) is 19.9 Å². The Balaban J connectivity index is 1.40. The van der Waals surface area contributed by atoms with Crippen LogP contribution in [0.1, 0.15) is 53.0 Å². The smallest absolute Gasteiger partial charge is 0.491 e. The van der Waals surface area contributed by atoms with Gasteiger partial charge < -0.3 is 35.1 Å². The van der Waals surface area contributed by atoms with E-state index in [-0.39, 0.29) is 52.3 Å². The lowest BCUT2D eigenvalue weighted by Gasteiger charge is -2.31. The zero-order valence-corrected chi connectivity index (χ0v) is 25.4. The number of nitrogens with two attached hydrogens (primary N) is 1. The number of ether oxygens (including phenoxy) is 4. The molecule has 0 radical (unpaired) electrons. The predicted octanol–water partition coefficient (Wildman–Crippen LogP) is 4.21. The van der Waals surface area contributed by atoms with E-state index in [0.29, 0.717) is 5.52 Å². The van der Waals surface area contributed by atoms with E-state index in [0.717, 1.165) is 36.7 Å². The minimum atomic E-state index is -5.44. The fourth-order valence-electron chi connectivity index (χ4n) is 5.30. The van der Waals surface area contributed by atoms with Gasteiger partial charge in [-0.1, -0.05) is 0 Å². The number of aliphatic hydroxyl groups is 1. The quantitative estimate of drug-likeness (QED) is 0.198. The van der Waals surface area contributed by atoms with Crippen LogP contribution in [0, 0.1) is 0 Å². The molecule has 0 bridgehead atoms. The van der Waals surface area contributed by atoms with Crippen molar-refractivity contribution < 1.29 is 55.6 Å². The van der Waals surface area contributed by atoms with Gasteiger partial charge in [0.05, 0.1) is 43.6 Å². The molecule has 1 saturated carbocycles. The van der Waals surface area contributed by atoms with E-state index in [9.17, 15) is 36.6 Å². The van der Waals surface area contributed by atoms with Crippen LogP contribution in [0.3, 0.4) is 0 Å². The summed E-state index contributed by atoms with van der Waals surface area (Å²) in [5.41, 5.74) is 1.08. The molecule has 0 spiro atoms. The Morgan fingerprint density at radius 2 is 1.85 bits per heavy atom. The van der Waals surface area contributed by atoms with E-state index in [1.807, 2.05) is 0 Å². The molecule has 12 nitrogen and oxygen atoms in total. The highest BCUT2D eigenvalue weighted by Gasteiger charge is 2.57. The minimum Gasteiger partial charge on any atom is -0.491 e. The second-order valence-corrected chi connectivity index (χ2v) is 11.3. The number of pyridine rings is 2. The van der Waals surface area contributed by atoms with Gasteiger partial charge in [0, 0.05) is 28.7 Å². The van der Waals surface area contributed by atoms with Crippen molar-refractivity contribution in [2.75, 3.05) is 20.3 Å². The number of nitrogens with one attached hydrogen (secondary N) is 1. The molecule has 3 aromatic heterocycles. The molecule has 6 rings (SSSR count). The molecule has 0 unspecified atom stereocenters. The maximum atomic E-state index is 14.8. The number of carbonyl (C=O) groups is 2. The molecule has 4 heterocycles. The first-order chi connectivity index (χ1) is 22.6. The number of fused-ring (bicyclic) bond motifs is 2. The number of primary amides is 1. The highest BCUT2D eigenvalue weighted by molar-refractivity contribution is 5.95. The molecule has 4 N–H and O–H groups in total. The average molecular weight is 678 g/mol. The topological polar surface area (TPSA) is 160 Å². The minimum absolute atomic E-state index is 0.0465. The van der Waals surface area contributed by atoms with Crippen molar-refractivity contribution in [1.29, 1.82) is 0 Å². The van der Waals surface area contributed by atoms with E-state index < -0.39 is 54.3 Å². The molecule has 1 aliphatic carbocycles. The van der Waals surface area contributed by atoms with Crippen molar-refractivity contribution in [2.24, 2.45) is 5.73 Å². The second kappa shape index (κ2) is 11.8. The molecule has 2 aliphatic rings. The number of amides is 2. The van der Waals surface area contributed by atoms with Gasteiger partial charge in [0.15, 0.2) is 11.5 Å². The number of halogens is 5. The number of rotatable bonds is 11. The Labute approximate surface area is 268 Å². The van der Waals surface area contributed by atoms with E-state index in [4.69, 9.17) is 15.2 Å². The molecular weight excluding hydrogens is 649 g/mol. The van der Waals surface area contributed by atoms with Crippen LogP contribution in [0.2, 0.25) is 0 Å². The third-order valence-electron chi connectivity index (χ3n) is 7.79. The van der Waals surface area contributed by atoms with Crippen molar-refractivity contribution in [2.45, 2.75) is 50.2 Å². The van der Waals surface area contributed by atoms with Crippen molar-refractivity contribution in [3.05, 3.63) is 65.0 Å². The van der Waals surface area contributed by atoms with E-state index >= 15 is 0 Å². The molecule has 4 aromatic rings. The number of hydrogen-bond acceptors (Lipinski definition) is 9. The van der Waals surface area contributed by atoms with Crippen LogP contribution in [0.15, 0.2) is 42.5 Å². The molecular formula is C31H28F5N5O7. The fraction of sp³-hybridized carbons (Fsp3) is 0.355.